The van der Waals surface area contributed by atoms with Crippen LogP contribution in [0.3, 0.4) is 0 Å². The molecule has 0 saturated heterocycles. The molecule has 0 spiro atoms. The van der Waals surface area contributed by atoms with Gasteiger partial charge in [0.1, 0.15) is 6.10 Å². The minimum absolute atomic E-state index is 0.162. The number of carbonyl (C=O) groups is 1. The summed E-state index contributed by atoms with van der Waals surface area (Å²) in [5.74, 6) is -0.162. The molecule has 2 nitrogen and oxygen atoms in total. The Labute approximate surface area is 101 Å². The third-order valence-electron chi connectivity index (χ3n) is 2.86. The summed E-state index contributed by atoms with van der Waals surface area (Å²) in [6.07, 6.45) is 0.211. The van der Waals surface area contributed by atoms with Crippen LogP contribution in [0.5, 0.6) is 0 Å². The molecule has 2 aromatic rings. The Morgan fingerprint density at radius 1 is 1.18 bits per heavy atom. The van der Waals surface area contributed by atoms with Crippen molar-refractivity contribution >= 4 is 16.7 Å². The minimum Gasteiger partial charge on any atom is -0.458 e. The van der Waals surface area contributed by atoms with Crippen molar-refractivity contribution in [1.29, 1.82) is 0 Å². The molecule has 2 rings (SSSR count). The van der Waals surface area contributed by atoms with Crippen molar-refractivity contribution in [2.75, 3.05) is 0 Å². The lowest BCUT2D eigenvalue weighted by atomic mass is 10.0. The van der Waals surface area contributed by atoms with E-state index in [4.69, 9.17) is 4.74 Å². The van der Waals surface area contributed by atoms with Crippen LogP contribution in [0.25, 0.3) is 10.8 Å². The monoisotopic (exact) mass is 228 g/mol. The van der Waals surface area contributed by atoms with Gasteiger partial charge in [0, 0.05) is 6.42 Å². The van der Waals surface area contributed by atoms with E-state index in [2.05, 4.69) is 18.2 Å². The van der Waals surface area contributed by atoms with Crippen LogP contribution in [-0.2, 0) is 9.53 Å². The SMILES string of the molecule is CCC(=O)O[C@H](C)c1cccc2ccccc12. The Bertz CT molecular complexity index is 526. The lowest BCUT2D eigenvalue weighted by molar-refractivity contribution is -0.148. The van der Waals surface area contributed by atoms with Crippen molar-refractivity contribution in [1.82, 2.24) is 0 Å². The number of carbonyl (C=O) groups excluding carboxylic acids is 1. The van der Waals surface area contributed by atoms with Crippen LogP contribution in [0.4, 0.5) is 0 Å². The number of benzene rings is 2. The molecule has 88 valence electrons. The molecule has 0 heterocycles. The predicted molar refractivity (Wildman–Crippen MR) is 68.7 cm³/mol. The van der Waals surface area contributed by atoms with Gasteiger partial charge in [-0.2, -0.15) is 0 Å². The highest BCUT2D eigenvalue weighted by Gasteiger charge is 2.12. The van der Waals surface area contributed by atoms with Gasteiger partial charge in [0.25, 0.3) is 0 Å². The van der Waals surface area contributed by atoms with E-state index in [1.807, 2.05) is 31.2 Å². The van der Waals surface area contributed by atoms with Gasteiger partial charge in [-0.05, 0) is 23.3 Å². The van der Waals surface area contributed by atoms with Crippen LogP contribution in [0.1, 0.15) is 31.9 Å². The molecular formula is C15H16O2. The van der Waals surface area contributed by atoms with Gasteiger partial charge in [-0.25, -0.2) is 0 Å². The lowest BCUT2D eigenvalue weighted by Gasteiger charge is -2.15. The zero-order chi connectivity index (χ0) is 12.3. The summed E-state index contributed by atoms with van der Waals surface area (Å²) in [6, 6.07) is 14.2. The first-order valence-corrected chi connectivity index (χ1v) is 5.89. The molecule has 0 saturated carbocycles. The molecule has 0 fully saturated rings. The van der Waals surface area contributed by atoms with Crippen LogP contribution < -0.4 is 0 Å². The average molecular weight is 228 g/mol. The van der Waals surface area contributed by atoms with Gasteiger partial charge in [0.2, 0.25) is 0 Å². The van der Waals surface area contributed by atoms with Gasteiger partial charge in [-0.1, -0.05) is 49.4 Å². The Kier molecular flexibility index (Phi) is 3.43. The molecule has 0 amide bonds. The van der Waals surface area contributed by atoms with Crippen molar-refractivity contribution in [2.45, 2.75) is 26.4 Å². The normalized spacial score (nSPS) is 12.4. The van der Waals surface area contributed by atoms with E-state index in [0.29, 0.717) is 6.42 Å². The summed E-state index contributed by atoms with van der Waals surface area (Å²) >= 11 is 0. The highest BCUT2D eigenvalue weighted by atomic mass is 16.5. The van der Waals surface area contributed by atoms with E-state index in [1.54, 1.807) is 6.92 Å². The second kappa shape index (κ2) is 5.00. The number of hydrogen-bond acceptors (Lipinski definition) is 2. The molecule has 0 aliphatic heterocycles. The maximum atomic E-state index is 11.3. The maximum Gasteiger partial charge on any atom is 0.306 e. The molecule has 0 aliphatic carbocycles. The Balaban J connectivity index is 2.38. The van der Waals surface area contributed by atoms with Crippen LogP contribution in [0.2, 0.25) is 0 Å². The van der Waals surface area contributed by atoms with E-state index in [1.165, 1.54) is 5.39 Å². The number of hydrogen-bond donors (Lipinski definition) is 0. The Morgan fingerprint density at radius 3 is 2.65 bits per heavy atom. The quantitative estimate of drug-likeness (QED) is 0.746. The van der Waals surface area contributed by atoms with Crippen molar-refractivity contribution in [3.8, 4) is 0 Å². The average Bonchev–Trinajstić information content (AvgIpc) is 2.37. The fraction of sp³-hybridized carbons (Fsp3) is 0.267. The predicted octanol–water partition coefficient (Wildman–Crippen LogP) is 3.85. The molecule has 0 unspecified atom stereocenters. The summed E-state index contributed by atoms with van der Waals surface area (Å²) in [5.41, 5.74) is 1.06. The third-order valence-corrected chi connectivity index (χ3v) is 2.86. The van der Waals surface area contributed by atoms with E-state index in [-0.39, 0.29) is 12.1 Å². The third kappa shape index (κ3) is 2.47. The maximum absolute atomic E-state index is 11.3. The van der Waals surface area contributed by atoms with Gasteiger partial charge < -0.3 is 4.74 Å². The number of fused-ring (bicyclic) bond motifs is 1. The summed E-state index contributed by atoms with van der Waals surface area (Å²) in [4.78, 5) is 11.3. The fourth-order valence-corrected chi connectivity index (χ4v) is 1.95. The van der Waals surface area contributed by atoms with Gasteiger partial charge in [-0.15, -0.1) is 0 Å². The van der Waals surface area contributed by atoms with E-state index in [9.17, 15) is 4.79 Å². The summed E-state index contributed by atoms with van der Waals surface area (Å²) < 4.78 is 5.35. The van der Waals surface area contributed by atoms with Crippen molar-refractivity contribution in [3.05, 3.63) is 48.0 Å². The van der Waals surface area contributed by atoms with Gasteiger partial charge in [0.15, 0.2) is 0 Å². The van der Waals surface area contributed by atoms with Gasteiger partial charge in [0.05, 0.1) is 0 Å². The van der Waals surface area contributed by atoms with Gasteiger partial charge >= 0.3 is 5.97 Å². The first-order valence-electron chi connectivity index (χ1n) is 5.89. The second-order valence-electron chi connectivity index (χ2n) is 4.05. The highest BCUT2D eigenvalue weighted by Crippen LogP contribution is 2.26. The first kappa shape index (κ1) is 11.6. The molecular weight excluding hydrogens is 212 g/mol. The lowest BCUT2D eigenvalue weighted by Crippen LogP contribution is -2.07. The molecule has 0 N–H and O–H groups in total. The molecule has 0 radical (unpaired) electrons. The Morgan fingerprint density at radius 2 is 1.88 bits per heavy atom. The molecule has 1 atom stereocenters. The zero-order valence-electron chi connectivity index (χ0n) is 10.1. The van der Waals surface area contributed by atoms with Crippen molar-refractivity contribution < 1.29 is 9.53 Å². The first-order chi connectivity index (χ1) is 8.22. The highest BCUT2D eigenvalue weighted by molar-refractivity contribution is 5.86. The molecule has 0 aromatic heterocycles. The van der Waals surface area contributed by atoms with Crippen LogP contribution >= 0.6 is 0 Å². The molecule has 0 bridgehead atoms. The molecule has 2 heteroatoms. The Hall–Kier alpha value is -1.83. The van der Waals surface area contributed by atoms with Crippen LogP contribution in [0.15, 0.2) is 42.5 Å². The van der Waals surface area contributed by atoms with Crippen LogP contribution in [0, 0.1) is 0 Å². The number of esters is 1. The zero-order valence-corrected chi connectivity index (χ0v) is 10.1. The summed E-state index contributed by atoms with van der Waals surface area (Å²) in [7, 11) is 0. The molecule has 0 aliphatic rings. The van der Waals surface area contributed by atoms with E-state index >= 15 is 0 Å². The standard InChI is InChI=1S/C15H16O2/c1-3-15(16)17-11(2)13-10-6-8-12-7-4-5-9-14(12)13/h4-11H,3H2,1-2H3/t11-/m1/s1. The summed E-state index contributed by atoms with van der Waals surface area (Å²) in [6.45, 7) is 3.72. The van der Waals surface area contributed by atoms with Gasteiger partial charge in [-0.3, -0.25) is 4.79 Å². The largest absolute Gasteiger partial charge is 0.458 e. The van der Waals surface area contributed by atoms with E-state index in [0.717, 1.165) is 10.9 Å². The second-order valence-corrected chi connectivity index (χ2v) is 4.05. The van der Waals surface area contributed by atoms with Crippen LogP contribution in [-0.4, -0.2) is 5.97 Å². The molecule has 17 heavy (non-hydrogen) atoms. The number of rotatable bonds is 3. The smallest absolute Gasteiger partial charge is 0.306 e. The molecule has 2 aromatic carbocycles. The number of ether oxygens (including phenoxy) is 1. The summed E-state index contributed by atoms with van der Waals surface area (Å²) in [5, 5.41) is 2.32. The van der Waals surface area contributed by atoms with Crippen molar-refractivity contribution in [2.24, 2.45) is 0 Å². The van der Waals surface area contributed by atoms with E-state index < -0.39 is 0 Å². The minimum atomic E-state index is -0.200. The fourth-order valence-electron chi connectivity index (χ4n) is 1.95. The topological polar surface area (TPSA) is 26.3 Å². The van der Waals surface area contributed by atoms with Crippen molar-refractivity contribution in [3.63, 3.8) is 0 Å².